The van der Waals surface area contributed by atoms with Crippen LogP contribution in [0.15, 0.2) is 30.3 Å². The van der Waals surface area contributed by atoms with Crippen molar-refractivity contribution in [3.05, 3.63) is 35.9 Å². The van der Waals surface area contributed by atoms with Gasteiger partial charge in [-0.25, -0.2) is 0 Å². The number of hydrogen-bond acceptors (Lipinski definition) is 2. The van der Waals surface area contributed by atoms with E-state index in [0.717, 1.165) is 6.42 Å². The van der Waals surface area contributed by atoms with E-state index in [-0.39, 0.29) is 11.5 Å². The molecule has 0 aliphatic heterocycles. The van der Waals surface area contributed by atoms with Crippen molar-refractivity contribution in [2.75, 3.05) is 6.54 Å². The van der Waals surface area contributed by atoms with Gasteiger partial charge in [0.1, 0.15) is 0 Å². The van der Waals surface area contributed by atoms with Crippen molar-refractivity contribution >= 4 is 5.97 Å². The lowest BCUT2D eigenvalue weighted by molar-refractivity contribution is -0.141. The average Bonchev–Trinajstić information content (AvgIpc) is 2.26. The summed E-state index contributed by atoms with van der Waals surface area (Å²) in [7, 11) is 0. The Hall–Kier alpha value is -1.35. The summed E-state index contributed by atoms with van der Waals surface area (Å²) in [5, 5.41) is 12.1. The number of rotatable bonds is 6. The number of carbonyl (C=O) groups is 1. The molecule has 1 rings (SSSR count). The fraction of sp³-hybridized carbons (Fsp3) is 0.500. The van der Waals surface area contributed by atoms with Gasteiger partial charge < -0.3 is 10.4 Å². The van der Waals surface area contributed by atoms with Crippen LogP contribution in [0, 0.1) is 5.92 Å². The molecule has 0 amide bonds. The van der Waals surface area contributed by atoms with Crippen LogP contribution >= 0.6 is 0 Å². The molecule has 2 N–H and O–H groups in total. The fourth-order valence-electron chi connectivity index (χ4n) is 1.69. The van der Waals surface area contributed by atoms with E-state index in [1.165, 1.54) is 5.56 Å². The van der Waals surface area contributed by atoms with Crippen LogP contribution < -0.4 is 5.32 Å². The lowest BCUT2D eigenvalue weighted by Crippen LogP contribution is -2.44. The van der Waals surface area contributed by atoms with Gasteiger partial charge in [-0.3, -0.25) is 4.79 Å². The molecule has 0 saturated heterocycles. The quantitative estimate of drug-likeness (QED) is 0.795. The molecule has 0 aliphatic carbocycles. The molecule has 1 atom stereocenters. The Morgan fingerprint density at radius 3 is 2.47 bits per heavy atom. The van der Waals surface area contributed by atoms with Crippen LogP contribution in [0.1, 0.15) is 26.3 Å². The number of carboxylic acids is 1. The van der Waals surface area contributed by atoms with Crippen molar-refractivity contribution in [1.82, 2.24) is 5.32 Å². The van der Waals surface area contributed by atoms with E-state index < -0.39 is 5.97 Å². The zero-order valence-corrected chi connectivity index (χ0v) is 10.7. The zero-order valence-electron chi connectivity index (χ0n) is 10.7. The van der Waals surface area contributed by atoms with Gasteiger partial charge in [-0.2, -0.15) is 0 Å². The fourth-order valence-corrected chi connectivity index (χ4v) is 1.69. The van der Waals surface area contributed by atoms with E-state index >= 15 is 0 Å². The summed E-state index contributed by atoms with van der Waals surface area (Å²) in [6.45, 7) is 6.40. The minimum absolute atomic E-state index is 0.0922. The van der Waals surface area contributed by atoms with Crippen LogP contribution in [0.25, 0.3) is 0 Å². The molecular formula is C14H21NO2. The Bertz CT molecular complexity index is 360. The average molecular weight is 235 g/mol. The summed E-state index contributed by atoms with van der Waals surface area (Å²) in [6.07, 6.45) is 0.889. The predicted octanol–water partition coefficient (Wildman–Crippen LogP) is 2.32. The third kappa shape index (κ3) is 5.00. The van der Waals surface area contributed by atoms with Gasteiger partial charge in [-0.05, 0) is 25.8 Å². The van der Waals surface area contributed by atoms with E-state index in [2.05, 4.69) is 31.3 Å². The second-order valence-corrected chi connectivity index (χ2v) is 5.17. The number of hydrogen-bond donors (Lipinski definition) is 2. The van der Waals surface area contributed by atoms with Gasteiger partial charge in [0.25, 0.3) is 0 Å². The summed E-state index contributed by atoms with van der Waals surface area (Å²) in [5.74, 6) is -1.11. The van der Waals surface area contributed by atoms with Crippen molar-refractivity contribution in [2.45, 2.75) is 32.7 Å². The first kappa shape index (κ1) is 13.7. The van der Waals surface area contributed by atoms with Crippen LogP contribution in [-0.4, -0.2) is 23.2 Å². The minimum Gasteiger partial charge on any atom is -0.481 e. The van der Waals surface area contributed by atoms with E-state index in [1.54, 1.807) is 6.92 Å². The van der Waals surface area contributed by atoms with Gasteiger partial charge in [-0.1, -0.05) is 37.3 Å². The van der Waals surface area contributed by atoms with Gasteiger partial charge in [-0.15, -0.1) is 0 Å². The predicted molar refractivity (Wildman–Crippen MR) is 69.0 cm³/mol. The highest BCUT2D eigenvalue weighted by atomic mass is 16.4. The lowest BCUT2D eigenvalue weighted by atomic mass is 9.94. The molecule has 3 heteroatoms. The van der Waals surface area contributed by atoms with Crippen molar-refractivity contribution < 1.29 is 9.90 Å². The maximum Gasteiger partial charge on any atom is 0.307 e. The molecule has 0 aromatic heterocycles. The van der Waals surface area contributed by atoms with Crippen LogP contribution in [0.5, 0.6) is 0 Å². The third-order valence-electron chi connectivity index (χ3n) is 2.80. The molecule has 0 aliphatic rings. The Kier molecular flexibility index (Phi) is 4.70. The minimum atomic E-state index is -0.756. The summed E-state index contributed by atoms with van der Waals surface area (Å²) in [4.78, 5) is 10.7. The van der Waals surface area contributed by atoms with E-state index in [1.807, 2.05) is 18.2 Å². The highest BCUT2D eigenvalue weighted by molar-refractivity contribution is 5.69. The van der Waals surface area contributed by atoms with E-state index in [9.17, 15) is 4.79 Å². The number of carboxylic acid groups (broad SMARTS) is 1. The first-order valence-electron chi connectivity index (χ1n) is 5.92. The molecule has 0 radical (unpaired) electrons. The Balaban J connectivity index is 2.49. The van der Waals surface area contributed by atoms with Gasteiger partial charge in [0.2, 0.25) is 0 Å². The maximum absolute atomic E-state index is 10.7. The molecule has 0 bridgehead atoms. The molecule has 3 nitrogen and oxygen atoms in total. The molecule has 1 aromatic rings. The molecule has 1 aromatic carbocycles. The van der Waals surface area contributed by atoms with Crippen molar-refractivity contribution in [2.24, 2.45) is 5.92 Å². The summed E-state index contributed by atoms with van der Waals surface area (Å²) in [5.41, 5.74) is 1.17. The smallest absolute Gasteiger partial charge is 0.307 e. The van der Waals surface area contributed by atoms with Crippen molar-refractivity contribution in [1.29, 1.82) is 0 Å². The van der Waals surface area contributed by atoms with Gasteiger partial charge in [0.05, 0.1) is 5.92 Å². The van der Waals surface area contributed by atoms with Crippen molar-refractivity contribution in [3.8, 4) is 0 Å². The highest BCUT2D eigenvalue weighted by Crippen LogP contribution is 2.12. The highest BCUT2D eigenvalue weighted by Gasteiger charge is 2.20. The van der Waals surface area contributed by atoms with E-state index in [4.69, 9.17) is 5.11 Å². The van der Waals surface area contributed by atoms with Crippen molar-refractivity contribution in [3.63, 3.8) is 0 Å². The van der Waals surface area contributed by atoms with Crippen LogP contribution in [0.4, 0.5) is 0 Å². The largest absolute Gasteiger partial charge is 0.481 e. The second-order valence-electron chi connectivity index (χ2n) is 5.17. The van der Waals surface area contributed by atoms with Crippen LogP contribution in [0.3, 0.4) is 0 Å². The Labute approximate surface area is 103 Å². The molecular weight excluding hydrogens is 214 g/mol. The molecule has 0 spiro atoms. The molecule has 94 valence electrons. The summed E-state index contributed by atoms with van der Waals surface area (Å²) < 4.78 is 0. The van der Waals surface area contributed by atoms with Gasteiger partial charge in [0, 0.05) is 12.1 Å². The third-order valence-corrected chi connectivity index (χ3v) is 2.80. The standard InChI is InChI=1S/C14H21NO2/c1-11(13(16)17)10-15-14(2,3)9-12-7-5-4-6-8-12/h4-8,11,15H,9-10H2,1-3H3,(H,16,17). The molecule has 17 heavy (non-hydrogen) atoms. The van der Waals surface area contributed by atoms with E-state index in [0.29, 0.717) is 6.54 Å². The second kappa shape index (κ2) is 5.82. The molecule has 0 heterocycles. The number of nitrogens with one attached hydrogen (secondary N) is 1. The number of benzene rings is 1. The summed E-state index contributed by atoms with van der Waals surface area (Å²) >= 11 is 0. The summed E-state index contributed by atoms with van der Waals surface area (Å²) in [6, 6.07) is 10.2. The van der Waals surface area contributed by atoms with Gasteiger partial charge in [0.15, 0.2) is 0 Å². The SMILES string of the molecule is CC(CNC(C)(C)Cc1ccccc1)C(=O)O. The lowest BCUT2D eigenvalue weighted by Gasteiger charge is -2.27. The Morgan fingerprint density at radius 1 is 1.35 bits per heavy atom. The monoisotopic (exact) mass is 235 g/mol. The van der Waals surface area contributed by atoms with Crippen LogP contribution in [-0.2, 0) is 11.2 Å². The maximum atomic E-state index is 10.7. The molecule has 1 unspecified atom stereocenters. The number of aliphatic carboxylic acids is 1. The van der Waals surface area contributed by atoms with Gasteiger partial charge >= 0.3 is 5.97 Å². The topological polar surface area (TPSA) is 49.3 Å². The zero-order chi connectivity index (χ0) is 12.9. The first-order valence-corrected chi connectivity index (χ1v) is 5.92. The molecule has 0 fully saturated rings. The molecule has 0 saturated carbocycles. The normalized spacial score (nSPS) is 13.4. The van der Waals surface area contributed by atoms with Crippen LogP contribution in [0.2, 0.25) is 0 Å². The Morgan fingerprint density at radius 2 is 1.94 bits per heavy atom. The first-order chi connectivity index (χ1) is 7.91.